The number of aryl methyl sites for hydroxylation is 1. The standard InChI is InChI=1S/C16H10ClF2NOS/c1-8-2-4-10-13(6-8)22-15(14(10)17)16(21)20-9-3-5-11(18)12(19)7-9/h2-7H,1H3,(H,20,21). The Balaban J connectivity index is 1.94. The zero-order valence-corrected chi connectivity index (χ0v) is 13.0. The number of halogens is 3. The Bertz CT molecular complexity index is 891. The number of anilines is 1. The minimum absolute atomic E-state index is 0.175. The summed E-state index contributed by atoms with van der Waals surface area (Å²) >= 11 is 7.50. The van der Waals surface area contributed by atoms with Gasteiger partial charge in [-0.1, -0.05) is 23.7 Å². The molecule has 0 aliphatic rings. The molecule has 2 aromatic carbocycles. The molecule has 0 spiro atoms. The number of hydrogen-bond donors (Lipinski definition) is 1. The average molecular weight is 338 g/mol. The second-order valence-electron chi connectivity index (χ2n) is 4.83. The molecule has 3 aromatic rings. The third-order valence-corrected chi connectivity index (χ3v) is 4.82. The van der Waals surface area contributed by atoms with Gasteiger partial charge in [-0.25, -0.2) is 8.78 Å². The van der Waals surface area contributed by atoms with Crippen molar-refractivity contribution in [2.24, 2.45) is 0 Å². The number of amides is 1. The van der Waals surface area contributed by atoms with E-state index in [9.17, 15) is 13.6 Å². The van der Waals surface area contributed by atoms with Gasteiger partial charge in [0.25, 0.3) is 5.91 Å². The zero-order valence-electron chi connectivity index (χ0n) is 11.4. The molecule has 3 rings (SSSR count). The van der Waals surface area contributed by atoms with Gasteiger partial charge in [-0.3, -0.25) is 4.79 Å². The summed E-state index contributed by atoms with van der Waals surface area (Å²) < 4.78 is 27.0. The molecular formula is C16H10ClF2NOS. The Kier molecular flexibility index (Phi) is 3.85. The van der Waals surface area contributed by atoms with Crippen LogP contribution in [0.5, 0.6) is 0 Å². The second kappa shape index (κ2) is 5.66. The summed E-state index contributed by atoms with van der Waals surface area (Å²) in [5, 5.41) is 3.68. The Morgan fingerprint density at radius 2 is 1.91 bits per heavy atom. The number of benzene rings is 2. The molecule has 0 atom stereocenters. The van der Waals surface area contributed by atoms with Crippen molar-refractivity contribution in [3.63, 3.8) is 0 Å². The van der Waals surface area contributed by atoms with Crippen LogP contribution >= 0.6 is 22.9 Å². The minimum Gasteiger partial charge on any atom is -0.321 e. The molecule has 1 aromatic heterocycles. The molecule has 0 fully saturated rings. The fraction of sp³-hybridized carbons (Fsp3) is 0.0625. The highest BCUT2D eigenvalue weighted by molar-refractivity contribution is 7.21. The van der Waals surface area contributed by atoms with Crippen LogP contribution in [0.15, 0.2) is 36.4 Å². The molecule has 112 valence electrons. The van der Waals surface area contributed by atoms with Crippen molar-refractivity contribution in [2.75, 3.05) is 5.32 Å². The average Bonchev–Trinajstić information content (AvgIpc) is 2.79. The minimum atomic E-state index is -1.02. The van der Waals surface area contributed by atoms with Gasteiger partial charge < -0.3 is 5.32 Å². The van der Waals surface area contributed by atoms with Crippen LogP contribution in [-0.2, 0) is 0 Å². The van der Waals surface area contributed by atoms with E-state index in [1.807, 2.05) is 25.1 Å². The molecule has 0 aliphatic heterocycles. The number of fused-ring (bicyclic) bond motifs is 1. The van der Waals surface area contributed by atoms with Gasteiger partial charge in [-0.15, -0.1) is 11.3 Å². The maximum Gasteiger partial charge on any atom is 0.267 e. The summed E-state index contributed by atoms with van der Waals surface area (Å²) in [6.07, 6.45) is 0. The third kappa shape index (κ3) is 2.69. The highest BCUT2D eigenvalue weighted by Crippen LogP contribution is 2.36. The fourth-order valence-electron chi connectivity index (χ4n) is 2.08. The van der Waals surface area contributed by atoms with Crippen LogP contribution < -0.4 is 5.32 Å². The highest BCUT2D eigenvalue weighted by Gasteiger charge is 2.17. The molecule has 0 saturated carbocycles. The lowest BCUT2D eigenvalue weighted by Crippen LogP contribution is -2.11. The molecule has 6 heteroatoms. The van der Waals surface area contributed by atoms with Gasteiger partial charge in [0.05, 0.1) is 5.02 Å². The van der Waals surface area contributed by atoms with Crippen LogP contribution in [0.4, 0.5) is 14.5 Å². The number of nitrogens with one attached hydrogen (secondary N) is 1. The Labute approximate surface area is 134 Å². The normalized spacial score (nSPS) is 10.9. The first-order chi connectivity index (χ1) is 10.5. The maximum absolute atomic E-state index is 13.2. The molecule has 0 radical (unpaired) electrons. The molecule has 0 saturated heterocycles. The van der Waals surface area contributed by atoms with E-state index in [0.29, 0.717) is 9.90 Å². The summed E-state index contributed by atoms with van der Waals surface area (Å²) in [5.74, 6) is -2.43. The van der Waals surface area contributed by atoms with Gasteiger partial charge in [0.15, 0.2) is 11.6 Å². The van der Waals surface area contributed by atoms with Crippen molar-refractivity contribution in [3.05, 3.63) is 63.5 Å². The van der Waals surface area contributed by atoms with Crippen LogP contribution in [0.25, 0.3) is 10.1 Å². The van der Waals surface area contributed by atoms with E-state index in [1.165, 1.54) is 17.4 Å². The summed E-state index contributed by atoms with van der Waals surface area (Å²) in [6, 6.07) is 8.90. The molecular weight excluding hydrogens is 328 g/mol. The maximum atomic E-state index is 13.2. The smallest absolute Gasteiger partial charge is 0.267 e. The van der Waals surface area contributed by atoms with E-state index in [0.717, 1.165) is 27.8 Å². The summed E-state index contributed by atoms with van der Waals surface area (Å²) in [4.78, 5) is 12.6. The molecule has 0 unspecified atom stereocenters. The molecule has 2 nitrogen and oxygen atoms in total. The van der Waals surface area contributed by atoms with Crippen molar-refractivity contribution in [3.8, 4) is 0 Å². The van der Waals surface area contributed by atoms with Crippen LogP contribution in [0.2, 0.25) is 5.02 Å². The van der Waals surface area contributed by atoms with Crippen LogP contribution in [0, 0.1) is 18.6 Å². The Morgan fingerprint density at radius 3 is 2.64 bits per heavy atom. The topological polar surface area (TPSA) is 29.1 Å². The lowest BCUT2D eigenvalue weighted by Gasteiger charge is -2.04. The molecule has 1 heterocycles. The predicted molar refractivity (Wildman–Crippen MR) is 85.9 cm³/mol. The number of carbonyl (C=O) groups is 1. The third-order valence-electron chi connectivity index (χ3n) is 3.17. The van der Waals surface area contributed by atoms with Crippen LogP contribution in [0.1, 0.15) is 15.2 Å². The quantitative estimate of drug-likeness (QED) is 0.667. The summed E-state index contributed by atoms with van der Waals surface area (Å²) in [6.45, 7) is 1.95. The van der Waals surface area contributed by atoms with E-state index < -0.39 is 17.5 Å². The van der Waals surface area contributed by atoms with E-state index in [1.54, 1.807) is 0 Å². The monoisotopic (exact) mass is 337 g/mol. The largest absolute Gasteiger partial charge is 0.321 e. The fourth-order valence-corrected chi connectivity index (χ4v) is 3.59. The number of rotatable bonds is 2. The van der Waals surface area contributed by atoms with Crippen molar-refractivity contribution < 1.29 is 13.6 Å². The molecule has 1 amide bonds. The molecule has 0 bridgehead atoms. The Hall–Kier alpha value is -1.98. The second-order valence-corrected chi connectivity index (χ2v) is 6.26. The van der Waals surface area contributed by atoms with Gasteiger partial charge in [-0.05, 0) is 30.7 Å². The molecule has 0 aliphatic carbocycles. The van der Waals surface area contributed by atoms with Gasteiger partial charge in [0.1, 0.15) is 4.88 Å². The SMILES string of the molecule is Cc1ccc2c(Cl)c(C(=O)Nc3ccc(F)c(F)c3)sc2c1. The van der Waals surface area contributed by atoms with Gasteiger partial charge in [0.2, 0.25) is 0 Å². The van der Waals surface area contributed by atoms with Crippen molar-refractivity contribution in [2.45, 2.75) is 6.92 Å². The first-order valence-corrected chi connectivity index (χ1v) is 7.60. The molecule has 22 heavy (non-hydrogen) atoms. The lowest BCUT2D eigenvalue weighted by molar-refractivity contribution is 0.103. The first kappa shape index (κ1) is 14.9. The van der Waals surface area contributed by atoms with Crippen molar-refractivity contribution >= 4 is 44.6 Å². The lowest BCUT2D eigenvalue weighted by atomic mass is 10.2. The number of carbonyl (C=O) groups excluding carboxylic acids is 1. The van der Waals surface area contributed by atoms with E-state index in [4.69, 9.17) is 11.6 Å². The highest BCUT2D eigenvalue weighted by atomic mass is 35.5. The van der Waals surface area contributed by atoms with Gasteiger partial charge in [0, 0.05) is 21.8 Å². The van der Waals surface area contributed by atoms with Crippen LogP contribution in [-0.4, -0.2) is 5.91 Å². The predicted octanol–water partition coefficient (Wildman–Crippen LogP) is 5.39. The number of hydrogen-bond acceptors (Lipinski definition) is 2. The van der Waals surface area contributed by atoms with Gasteiger partial charge in [-0.2, -0.15) is 0 Å². The van der Waals surface area contributed by atoms with Crippen LogP contribution in [0.3, 0.4) is 0 Å². The van der Waals surface area contributed by atoms with Crippen molar-refractivity contribution in [1.29, 1.82) is 0 Å². The number of thiophene rings is 1. The molecule has 1 N–H and O–H groups in total. The summed E-state index contributed by atoms with van der Waals surface area (Å²) in [7, 11) is 0. The van der Waals surface area contributed by atoms with E-state index >= 15 is 0 Å². The zero-order chi connectivity index (χ0) is 15.9. The van der Waals surface area contributed by atoms with E-state index in [2.05, 4.69) is 5.32 Å². The Morgan fingerprint density at radius 1 is 1.14 bits per heavy atom. The first-order valence-electron chi connectivity index (χ1n) is 6.41. The van der Waals surface area contributed by atoms with Gasteiger partial charge >= 0.3 is 0 Å². The van der Waals surface area contributed by atoms with Crippen molar-refractivity contribution in [1.82, 2.24) is 0 Å². The summed E-state index contributed by atoms with van der Waals surface area (Å²) in [5.41, 5.74) is 1.24. The van der Waals surface area contributed by atoms with E-state index in [-0.39, 0.29) is 5.69 Å².